The van der Waals surface area contributed by atoms with Crippen LogP contribution in [0, 0.1) is 0 Å². The van der Waals surface area contributed by atoms with E-state index in [1.807, 2.05) is 0 Å². The number of imidazole rings is 1. The van der Waals surface area contributed by atoms with E-state index < -0.39 is 0 Å². The van der Waals surface area contributed by atoms with Gasteiger partial charge >= 0.3 is 0 Å². The van der Waals surface area contributed by atoms with Crippen LogP contribution in [0.4, 0.5) is 0 Å². The molecule has 0 aliphatic rings. The highest BCUT2D eigenvalue weighted by molar-refractivity contribution is 4.65. The molecule has 0 N–H and O–H groups in total. The highest BCUT2D eigenvalue weighted by Crippen LogP contribution is 2.12. The van der Waals surface area contributed by atoms with Crippen molar-refractivity contribution < 1.29 is 28.5 Å². The van der Waals surface area contributed by atoms with Crippen LogP contribution in [0.25, 0.3) is 0 Å². The van der Waals surface area contributed by atoms with Gasteiger partial charge < -0.3 is 24.0 Å². The van der Waals surface area contributed by atoms with Crippen molar-refractivity contribution in [1.82, 2.24) is 4.57 Å². The van der Waals surface area contributed by atoms with Gasteiger partial charge in [0.1, 0.15) is 12.4 Å². The van der Waals surface area contributed by atoms with Crippen LogP contribution < -0.4 is 28.5 Å². The summed E-state index contributed by atoms with van der Waals surface area (Å²) in [5.41, 5.74) is 0. The van der Waals surface area contributed by atoms with Crippen LogP contribution in [0.1, 0.15) is 90.4 Å². The third-order valence-electron chi connectivity index (χ3n) is 4.34. The Bertz CT molecular complexity index is 336. The Morgan fingerprint density at radius 3 is 1.59 bits per heavy atom. The molecule has 0 aromatic carbocycles. The van der Waals surface area contributed by atoms with Crippen molar-refractivity contribution >= 4 is 0 Å². The molecule has 0 saturated heterocycles. The molecule has 1 aromatic heterocycles. The summed E-state index contributed by atoms with van der Waals surface area (Å²) < 4.78 is 4.40. The average Bonchev–Trinajstić information content (AvgIpc) is 2.89. The first-order valence-electron chi connectivity index (χ1n) is 9.34. The van der Waals surface area contributed by atoms with E-state index in [4.69, 9.17) is 0 Å². The molecule has 0 bridgehead atoms. The molecule has 1 rings (SSSR count). The molecule has 0 aliphatic heterocycles. The predicted molar refractivity (Wildman–Crippen MR) is 91.3 cm³/mol. The number of aryl methyl sites for hydroxylation is 2. The van der Waals surface area contributed by atoms with Crippen LogP contribution in [0.15, 0.2) is 18.7 Å². The molecular weight excluding hydrogens is 383 g/mol. The fourth-order valence-electron chi connectivity index (χ4n) is 2.95. The first-order chi connectivity index (χ1) is 10.3. The van der Waals surface area contributed by atoms with Gasteiger partial charge in [-0.3, -0.25) is 0 Å². The minimum Gasteiger partial charge on any atom is -1.00 e. The van der Waals surface area contributed by atoms with E-state index >= 15 is 0 Å². The summed E-state index contributed by atoms with van der Waals surface area (Å²) >= 11 is 0. The first-order valence-corrected chi connectivity index (χ1v) is 9.34. The van der Waals surface area contributed by atoms with Crippen molar-refractivity contribution in [3.8, 4) is 0 Å². The Kier molecular flexibility index (Phi) is 15.8. The maximum absolute atomic E-state index is 2.29. The van der Waals surface area contributed by atoms with Crippen LogP contribution in [-0.4, -0.2) is 4.57 Å². The zero-order chi connectivity index (χ0) is 15.2. The van der Waals surface area contributed by atoms with E-state index in [0.29, 0.717) is 0 Å². The number of hydrogen-bond donors (Lipinski definition) is 0. The number of nitrogens with zero attached hydrogens (tertiary/aromatic N) is 2. The van der Waals surface area contributed by atoms with E-state index in [2.05, 4.69) is 41.8 Å². The van der Waals surface area contributed by atoms with Crippen LogP contribution in [0.5, 0.6) is 0 Å². The summed E-state index contributed by atoms with van der Waals surface area (Å²) in [7, 11) is 2.08. The summed E-state index contributed by atoms with van der Waals surface area (Å²) in [5, 5.41) is 0. The van der Waals surface area contributed by atoms with Crippen LogP contribution in [0.3, 0.4) is 0 Å². The molecule has 0 aliphatic carbocycles. The van der Waals surface area contributed by atoms with Gasteiger partial charge in [0.05, 0.1) is 13.6 Å². The van der Waals surface area contributed by atoms with Gasteiger partial charge in [-0.25, -0.2) is 9.13 Å². The van der Waals surface area contributed by atoms with E-state index in [9.17, 15) is 0 Å². The number of rotatable bonds is 14. The van der Waals surface area contributed by atoms with Crippen LogP contribution >= 0.6 is 0 Å². The molecule has 1 heterocycles. The Balaban J connectivity index is 0.00000441. The number of unbranched alkanes of at least 4 members (excludes halogenated alkanes) is 12. The second-order valence-electron chi connectivity index (χ2n) is 6.56. The van der Waals surface area contributed by atoms with Gasteiger partial charge in [0.2, 0.25) is 6.33 Å². The van der Waals surface area contributed by atoms with Gasteiger partial charge in [0, 0.05) is 0 Å². The van der Waals surface area contributed by atoms with Crippen LogP contribution in [0.2, 0.25) is 0 Å². The fraction of sp³-hybridized carbons (Fsp3) is 0.842. The summed E-state index contributed by atoms with van der Waals surface area (Å²) in [5.74, 6) is 0. The third-order valence-corrected chi connectivity index (χ3v) is 4.34. The monoisotopic (exact) mass is 420 g/mol. The molecule has 0 unspecified atom stereocenters. The lowest BCUT2D eigenvalue weighted by molar-refractivity contribution is -0.671. The van der Waals surface area contributed by atoms with Gasteiger partial charge in [-0.05, 0) is 12.8 Å². The summed E-state index contributed by atoms with van der Waals surface area (Å²) in [6.45, 7) is 3.47. The molecule has 0 radical (unpaired) electrons. The first kappa shape index (κ1) is 21.9. The molecule has 22 heavy (non-hydrogen) atoms. The van der Waals surface area contributed by atoms with Gasteiger partial charge in [-0.2, -0.15) is 0 Å². The number of hydrogen-bond acceptors (Lipinski definition) is 0. The molecule has 3 heteroatoms. The summed E-state index contributed by atoms with van der Waals surface area (Å²) in [4.78, 5) is 0. The molecular formula is C19H37IN2. The summed E-state index contributed by atoms with van der Waals surface area (Å²) in [6, 6.07) is 0. The molecule has 130 valence electrons. The zero-order valence-electron chi connectivity index (χ0n) is 14.9. The fourth-order valence-corrected chi connectivity index (χ4v) is 2.95. The number of halogens is 1. The van der Waals surface area contributed by atoms with E-state index in [0.717, 1.165) is 0 Å². The molecule has 2 nitrogen and oxygen atoms in total. The third kappa shape index (κ3) is 12.5. The lowest BCUT2D eigenvalue weighted by Crippen LogP contribution is -3.00. The SMILES string of the molecule is CCCCCCCCCCCCCCCn1cc[n+](C)c1.[I-]. The van der Waals surface area contributed by atoms with Crippen molar-refractivity contribution in [2.75, 3.05) is 0 Å². The Morgan fingerprint density at radius 1 is 0.727 bits per heavy atom. The van der Waals surface area contributed by atoms with Crippen molar-refractivity contribution in [2.24, 2.45) is 7.05 Å². The van der Waals surface area contributed by atoms with Crippen molar-refractivity contribution in [3.63, 3.8) is 0 Å². The molecule has 1 aromatic rings. The van der Waals surface area contributed by atoms with Gasteiger partial charge in [0.25, 0.3) is 0 Å². The normalized spacial score (nSPS) is 10.6. The van der Waals surface area contributed by atoms with E-state index in [1.54, 1.807) is 0 Å². The average molecular weight is 420 g/mol. The maximum Gasteiger partial charge on any atom is 0.243 e. The highest BCUT2D eigenvalue weighted by atomic mass is 127. The second kappa shape index (κ2) is 15.8. The Morgan fingerprint density at radius 2 is 1.18 bits per heavy atom. The quantitative estimate of drug-likeness (QED) is 0.248. The molecule has 0 saturated carbocycles. The smallest absolute Gasteiger partial charge is 0.243 e. The van der Waals surface area contributed by atoms with Crippen molar-refractivity contribution in [1.29, 1.82) is 0 Å². The van der Waals surface area contributed by atoms with Crippen molar-refractivity contribution in [3.05, 3.63) is 18.7 Å². The predicted octanol–water partition coefficient (Wildman–Crippen LogP) is 2.41. The van der Waals surface area contributed by atoms with Crippen LogP contribution in [-0.2, 0) is 13.6 Å². The lowest BCUT2D eigenvalue weighted by Gasteiger charge is -2.02. The Hall–Kier alpha value is -0.0600. The second-order valence-corrected chi connectivity index (χ2v) is 6.56. The molecule has 0 atom stereocenters. The largest absolute Gasteiger partial charge is 1.00 e. The topological polar surface area (TPSA) is 8.81 Å². The van der Waals surface area contributed by atoms with Gasteiger partial charge in [-0.15, -0.1) is 0 Å². The maximum atomic E-state index is 2.29. The lowest BCUT2D eigenvalue weighted by atomic mass is 10.0. The highest BCUT2D eigenvalue weighted by Gasteiger charge is 1.99. The molecule has 0 fully saturated rings. The van der Waals surface area contributed by atoms with E-state index in [-0.39, 0.29) is 24.0 Å². The van der Waals surface area contributed by atoms with Crippen molar-refractivity contribution in [2.45, 2.75) is 96.9 Å². The molecule has 0 spiro atoms. The minimum atomic E-state index is 0. The molecule has 0 amide bonds. The standard InChI is InChI=1S/C19H37N2.HI/c1-3-4-5-6-7-8-9-10-11-12-13-14-15-16-21-18-17-20(2)19-21;/h17-19H,3-16H2,1-2H3;1H/q+1;/p-1. The zero-order valence-corrected chi connectivity index (χ0v) is 17.1. The minimum absolute atomic E-state index is 0. The Labute approximate surface area is 155 Å². The van der Waals surface area contributed by atoms with Gasteiger partial charge in [-0.1, -0.05) is 77.6 Å². The number of aromatic nitrogens is 2. The summed E-state index contributed by atoms with van der Waals surface area (Å²) in [6.07, 6.45) is 25.0. The van der Waals surface area contributed by atoms with Gasteiger partial charge in [0.15, 0.2) is 0 Å². The van der Waals surface area contributed by atoms with E-state index in [1.165, 1.54) is 90.0 Å².